The van der Waals surface area contributed by atoms with E-state index in [1.165, 1.54) is 14.0 Å². The second-order valence-electron chi connectivity index (χ2n) is 14.3. The van der Waals surface area contributed by atoms with Crippen molar-refractivity contribution in [3.05, 3.63) is 0 Å². The zero-order chi connectivity index (χ0) is 35.2. The third-order valence-electron chi connectivity index (χ3n) is 10.9. The SMILES string of the molecule is CC[C@H](C)[C@@H]([C@@H](CC(=O)N1CCC[C@H]1[C@H](OC)[C@@H](C)C(=O)N[C@@H](C)C(=O)O)OC)N(C)C(=O)[C@@H](NC(=O)[C@H]1N[C@@H]2CC[C@H]1C2)C(C)C. The molecule has 0 aromatic carbocycles. The van der Waals surface area contributed by atoms with E-state index in [4.69, 9.17) is 9.47 Å². The molecule has 0 aromatic rings. The number of methoxy groups -OCH3 is 2. The Balaban J connectivity index is 1.75. The minimum Gasteiger partial charge on any atom is -0.480 e. The summed E-state index contributed by atoms with van der Waals surface area (Å²) in [5, 5.41) is 18.2. The summed E-state index contributed by atoms with van der Waals surface area (Å²) in [5.41, 5.74) is 0. The van der Waals surface area contributed by atoms with Gasteiger partial charge in [-0.25, -0.2) is 0 Å². The first-order chi connectivity index (χ1) is 22.2. The lowest BCUT2D eigenvalue weighted by Crippen LogP contribution is -2.60. The number of aliphatic carboxylic acids is 1. The topological polar surface area (TPSA) is 167 Å². The molecule has 2 aliphatic heterocycles. The number of carbonyl (C=O) groups excluding carboxylic acids is 4. The van der Waals surface area contributed by atoms with Gasteiger partial charge < -0.3 is 40.3 Å². The van der Waals surface area contributed by atoms with Crippen molar-refractivity contribution in [1.82, 2.24) is 25.8 Å². The lowest BCUT2D eigenvalue weighted by molar-refractivity contribution is -0.148. The molecule has 0 spiro atoms. The van der Waals surface area contributed by atoms with Gasteiger partial charge in [0.05, 0.1) is 42.7 Å². The van der Waals surface area contributed by atoms with Crippen molar-refractivity contribution in [3.8, 4) is 0 Å². The number of carboxylic acid groups (broad SMARTS) is 1. The molecule has 4 N–H and O–H groups in total. The number of ether oxygens (including phenoxy) is 2. The van der Waals surface area contributed by atoms with Crippen LogP contribution in [0.3, 0.4) is 0 Å². The molecule has 2 saturated heterocycles. The number of likely N-dealkylation sites (N-methyl/N-ethyl adjacent to an activating group) is 1. The smallest absolute Gasteiger partial charge is 0.325 e. The molecular formula is C34H59N5O8. The maximum absolute atomic E-state index is 14.1. The summed E-state index contributed by atoms with van der Waals surface area (Å²) in [4.78, 5) is 68.9. The summed E-state index contributed by atoms with van der Waals surface area (Å²) in [6, 6.07) is -2.51. The van der Waals surface area contributed by atoms with Crippen LogP contribution >= 0.6 is 0 Å². The van der Waals surface area contributed by atoms with Crippen LogP contribution in [-0.4, -0.2) is 121 Å². The average molecular weight is 666 g/mol. The van der Waals surface area contributed by atoms with Gasteiger partial charge in [-0.05, 0) is 56.8 Å². The minimum absolute atomic E-state index is 0.0143. The van der Waals surface area contributed by atoms with E-state index in [1.54, 1.807) is 30.9 Å². The van der Waals surface area contributed by atoms with Crippen molar-refractivity contribution >= 4 is 29.6 Å². The molecule has 2 heterocycles. The van der Waals surface area contributed by atoms with Crippen LogP contribution in [0.2, 0.25) is 0 Å². The lowest BCUT2D eigenvalue weighted by atomic mass is 9.89. The van der Waals surface area contributed by atoms with Crippen LogP contribution in [0.15, 0.2) is 0 Å². The van der Waals surface area contributed by atoms with E-state index in [2.05, 4.69) is 16.0 Å². The Morgan fingerprint density at radius 3 is 2.19 bits per heavy atom. The van der Waals surface area contributed by atoms with Crippen LogP contribution in [0, 0.1) is 23.7 Å². The number of piperidine rings is 1. The van der Waals surface area contributed by atoms with Crippen molar-refractivity contribution < 1.29 is 38.6 Å². The Kier molecular flexibility index (Phi) is 14.0. The first kappa shape index (κ1) is 38.7. The third-order valence-corrected chi connectivity index (χ3v) is 10.9. The molecule has 2 bridgehead atoms. The predicted molar refractivity (Wildman–Crippen MR) is 176 cm³/mol. The number of rotatable bonds is 17. The van der Waals surface area contributed by atoms with Crippen LogP contribution in [0.5, 0.6) is 0 Å². The molecule has 0 radical (unpaired) electrons. The quantitative estimate of drug-likeness (QED) is 0.181. The van der Waals surface area contributed by atoms with Crippen molar-refractivity contribution in [2.24, 2.45) is 23.7 Å². The zero-order valence-electron chi connectivity index (χ0n) is 29.8. The number of fused-ring (bicyclic) bond motifs is 2. The van der Waals surface area contributed by atoms with E-state index in [1.807, 2.05) is 27.7 Å². The molecule has 13 heteroatoms. The number of carboxylic acids is 1. The molecule has 3 rings (SSSR count). The fourth-order valence-electron chi connectivity index (χ4n) is 7.84. The number of likely N-dealkylation sites (tertiary alicyclic amines) is 1. The molecule has 3 aliphatic rings. The highest BCUT2D eigenvalue weighted by atomic mass is 16.5. The number of amides is 4. The van der Waals surface area contributed by atoms with Crippen molar-refractivity contribution in [3.63, 3.8) is 0 Å². The standard InChI is InChI=1S/C34H59N5O8/c1-10-19(4)29(38(7)33(43)27(18(2)3)37-32(42)28-22-13-14-23(16-22)36-28)25(46-8)17-26(40)39-15-11-12-24(39)30(47-9)20(5)31(41)35-21(6)34(44)45/h18-25,27-30,36H,10-17H2,1-9H3,(H,35,41)(H,37,42)(H,44,45)/t19-,20+,21-,22-,23+,24-,25+,27-,28-,29-,30+/m0/s1. The van der Waals surface area contributed by atoms with Gasteiger partial charge in [-0.3, -0.25) is 24.0 Å². The van der Waals surface area contributed by atoms with Crippen molar-refractivity contribution in [2.75, 3.05) is 27.8 Å². The van der Waals surface area contributed by atoms with Gasteiger partial charge in [-0.15, -0.1) is 0 Å². The molecule has 47 heavy (non-hydrogen) atoms. The zero-order valence-corrected chi connectivity index (χ0v) is 29.8. The molecule has 11 atom stereocenters. The van der Waals surface area contributed by atoms with Crippen LogP contribution in [0.1, 0.15) is 86.5 Å². The molecule has 1 saturated carbocycles. The van der Waals surface area contributed by atoms with Crippen molar-refractivity contribution in [1.29, 1.82) is 0 Å². The van der Waals surface area contributed by atoms with Crippen LogP contribution < -0.4 is 16.0 Å². The van der Waals surface area contributed by atoms with Gasteiger partial charge in [0.2, 0.25) is 23.6 Å². The third kappa shape index (κ3) is 9.03. The van der Waals surface area contributed by atoms with E-state index in [-0.39, 0.29) is 48.1 Å². The van der Waals surface area contributed by atoms with Gasteiger partial charge in [0.15, 0.2) is 0 Å². The fourth-order valence-corrected chi connectivity index (χ4v) is 7.84. The predicted octanol–water partition coefficient (Wildman–Crippen LogP) is 1.78. The highest BCUT2D eigenvalue weighted by Gasteiger charge is 2.45. The second-order valence-corrected chi connectivity index (χ2v) is 14.3. The van der Waals surface area contributed by atoms with Gasteiger partial charge in [-0.2, -0.15) is 0 Å². The number of nitrogens with one attached hydrogen (secondary N) is 3. The highest BCUT2D eigenvalue weighted by molar-refractivity contribution is 5.90. The summed E-state index contributed by atoms with van der Waals surface area (Å²) in [6.45, 7) is 11.5. The fraction of sp³-hybridized carbons (Fsp3) is 0.853. The van der Waals surface area contributed by atoms with Crippen LogP contribution in [0.25, 0.3) is 0 Å². The molecule has 13 nitrogen and oxygen atoms in total. The Morgan fingerprint density at radius 1 is 1.00 bits per heavy atom. The summed E-state index contributed by atoms with van der Waals surface area (Å²) >= 11 is 0. The van der Waals surface area contributed by atoms with E-state index in [0.29, 0.717) is 24.9 Å². The molecule has 3 fully saturated rings. The van der Waals surface area contributed by atoms with Gasteiger partial charge in [-0.1, -0.05) is 41.0 Å². The van der Waals surface area contributed by atoms with E-state index in [0.717, 1.165) is 32.1 Å². The highest BCUT2D eigenvalue weighted by Crippen LogP contribution is 2.35. The molecule has 0 unspecified atom stereocenters. The number of hydrogen-bond donors (Lipinski definition) is 4. The first-order valence-electron chi connectivity index (χ1n) is 17.4. The molecule has 1 aliphatic carbocycles. The number of carbonyl (C=O) groups is 5. The normalized spacial score (nSPS) is 26.6. The molecule has 4 amide bonds. The summed E-state index contributed by atoms with van der Waals surface area (Å²) in [5.74, 6) is -2.68. The van der Waals surface area contributed by atoms with E-state index in [9.17, 15) is 29.1 Å². The van der Waals surface area contributed by atoms with Crippen molar-refractivity contribution in [2.45, 2.75) is 135 Å². The lowest BCUT2D eigenvalue weighted by Gasteiger charge is -2.41. The average Bonchev–Trinajstić information content (AvgIpc) is 3.81. The number of hydrogen-bond acceptors (Lipinski definition) is 8. The molecule has 268 valence electrons. The summed E-state index contributed by atoms with van der Waals surface area (Å²) in [7, 11) is 4.76. The summed E-state index contributed by atoms with van der Waals surface area (Å²) in [6.07, 6.45) is 3.96. The monoisotopic (exact) mass is 665 g/mol. The van der Waals surface area contributed by atoms with E-state index >= 15 is 0 Å². The Hall–Kier alpha value is -2.77. The van der Waals surface area contributed by atoms with E-state index < -0.39 is 48.1 Å². The first-order valence-corrected chi connectivity index (χ1v) is 17.4. The maximum Gasteiger partial charge on any atom is 0.325 e. The van der Waals surface area contributed by atoms with Gasteiger partial charge >= 0.3 is 5.97 Å². The Bertz CT molecular complexity index is 1120. The molecular weight excluding hydrogens is 606 g/mol. The maximum atomic E-state index is 14.1. The summed E-state index contributed by atoms with van der Waals surface area (Å²) < 4.78 is 11.7. The second kappa shape index (κ2) is 17.1. The van der Waals surface area contributed by atoms with Gasteiger partial charge in [0, 0.05) is 33.9 Å². The van der Waals surface area contributed by atoms with Crippen LogP contribution in [-0.2, 0) is 33.4 Å². The van der Waals surface area contributed by atoms with Gasteiger partial charge in [0.25, 0.3) is 0 Å². The molecule has 0 aromatic heterocycles. The minimum atomic E-state index is -1.14. The van der Waals surface area contributed by atoms with Gasteiger partial charge in [0.1, 0.15) is 12.1 Å². The van der Waals surface area contributed by atoms with Crippen LogP contribution in [0.4, 0.5) is 0 Å². The largest absolute Gasteiger partial charge is 0.480 e. The Labute approximate surface area is 280 Å². The Morgan fingerprint density at radius 2 is 1.68 bits per heavy atom. The number of nitrogens with zero attached hydrogens (tertiary/aromatic N) is 2.